The molecule has 12 aromatic carbocycles. The van der Waals surface area contributed by atoms with Crippen molar-refractivity contribution in [2.75, 3.05) is 52.7 Å². The highest BCUT2D eigenvalue weighted by atomic mass is 16.5. The summed E-state index contributed by atoms with van der Waals surface area (Å²) in [6.45, 7) is 2.24. The molecule has 20 heteroatoms. The van der Waals surface area contributed by atoms with Crippen LogP contribution in [0.2, 0.25) is 0 Å². The second-order valence-corrected chi connectivity index (χ2v) is 27.8. The van der Waals surface area contributed by atoms with Crippen molar-refractivity contribution in [3.05, 3.63) is 368 Å². The van der Waals surface area contributed by atoms with E-state index >= 15 is 9.59 Å². The van der Waals surface area contributed by atoms with Crippen LogP contribution in [0.15, 0.2) is 322 Å². The molecule has 0 aliphatic rings. The van der Waals surface area contributed by atoms with Gasteiger partial charge in [0.25, 0.3) is 0 Å². The zero-order chi connectivity index (χ0) is 81.4. The van der Waals surface area contributed by atoms with Gasteiger partial charge >= 0.3 is 0 Å². The number of hydrogen-bond donors (Lipinski definition) is 2. The summed E-state index contributed by atoms with van der Waals surface area (Å²) < 4.78 is 89.7. The SMILES string of the molecule is O=C(CCCC(=O)NCCOCCOc1c(-c2ccc(OCc3ccccc3)c(OCc3ccccc3)c2)oc2cc(OCc3ccccc3)cc(OCc3ccccc3)c2c1=O)NCCOCCOc1c(-c2ccc(OCc3ccccc3)c(OCc3ccccc3)c2)oc2cc(OCc3ccccc3)cc(OCc3ccccc3)c2c1=O. The van der Waals surface area contributed by atoms with Crippen LogP contribution in [0.3, 0.4) is 0 Å². The van der Waals surface area contributed by atoms with Gasteiger partial charge in [-0.2, -0.15) is 0 Å². The second kappa shape index (κ2) is 42.5. The molecule has 20 nitrogen and oxygen atoms in total. The van der Waals surface area contributed by atoms with Gasteiger partial charge in [0.05, 0.1) is 26.4 Å². The van der Waals surface area contributed by atoms with E-state index in [1.807, 2.05) is 243 Å². The highest BCUT2D eigenvalue weighted by molar-refractivity contribution is 5.90. The van der Waals surface area contributed by atoms with E-state index in [0.29, 0.717) is 45.6 Å². The molecule has 0 saturated carbocycles. The molecule has 0 saturated heterocycles. The molecule has 0 fully saturated rings. The van der Waals surface area contributed by atoms with Gasteiger partial charge in [-0.15, -0.1) is 0 Å². The first-order valence-corrected chi connectivity index (χ1v) is 39.5. The van der Waals surface area contributed by atoms with Gasteiger partial charge in [0.2, 0.25) is 34.2 Å². The molecule has 0 bridgehead atoms. The Kier molecular flexibility index (Phi) is 29.1. The number of rotatable bonds is 44. The smallest absolute Gasteiger partial charge is 0.239 e. The number of ether oxygens (including phenoxy) is 12. The minimum atomic E-state index is -0.497. The molecular weight excluding hydrogens is 1510 g/mol. The third kappa shape index (κ3) is 23.6. The lowest BCUT2D eigenvalue weighted by molar-refractivity contribution is -0.122. The molecular formula is C99H90N2O18. The van der Waals surface area contributed by atoms with E-state index in [1.54, 1.807) is 60.7 Å². The molecule has 0 radical (unpaired) electrons. The molecule has 0 spiro atoms. The predicted octanol–water partition coefficient (Wildman–Crippen LogP) is 18.8. The monoisotopic (exact) mass is 1590 g/mol. The van der Waals surface area contributed by atoms with Gasteiger partial charge in [-0.3, -0.25) is 19.2 Å². The molecule has 0 aliphatic heterocycles. The summed E-state index contributed by atoms with van der Waals surface area (Å²) >= 11 is 0. The zero-order valence-electron chi connectivity index (χ0n) is 65.7. The Labute approximate surface area is 689 Å². The van der Waals surface area contributed by atoms with Gasteiger partial charge in [0, 0.05) is 61.3 Å². The quantitative estimate of drug-likeness (QED) is 0.0338. The molecule has 2 amide bonds. The van der Waals surface area contributed by atoms with Crippen molar-refractivity contribution in [2.45, 2.75) is 72.1 Å². The Morgan fingerprint density at radius 1 is 0.269 bits per heavy atom. The molecule has 2 heterocycles. The van der Waals surface area contributed by atoms with E-state index in [-0.39, 0.29) is 193 Å². The fraction of sp³-hybridized carbons (Fsp3) is 0.192. The van der Waals surface area contributed by atoms with Crippen LogP contribution in [0.25, 0.3) is 44.6 Å². The van der Waals surface area contributed by atoms with Crippen molar-refractivity contribution >= 4 is 33.8 Å². The van der Waals surface area contributed by atoms with Crippen molar-refractivity contribution in [3.8, 4) is 80.1 Å². The third-order valence-corrected chi connectivity index (χ3v) is 19.0. The number of fused-ring (bicyclic) bond motifs is 2. The standard InChI is InChI=1S/C99H90N2O18/c102-90(100-48-50-106-52-54-108-98-94(104)92-86(116-68-76-38-21-7-22-39-76)58-80(110-62-70-26-9-1-10-27-70)60-88(92)118-96(98)78-44-46-82(112-64-72-30-13-3-14-31-72)84(56-78)114-66-74-34-17-5-18-35-74)42-25-43-91(103)101-49-51-107-53-55-109-99-95(105)93-87(117-69-77-40-23-8-24-41-77)59-81(111-63-71-28-11-2-12-29-71)61-89(93)119-97(99)79-45-47-83(113-65-73-32-15-4-16-33-73)85(57-79)115-67-75-36-19-6-20-37-75/h1-24,26-41,44-47,56-61H,25,42-43,48-55,62-69H2,(H,100,102)(H,101,103). The van der Waals surface area contributed by atoms with Crippen LogP contribution in [0.5, 0.6) is 57.5 Å². The Hall–Kier alpha value is -14.1. The minimum Gasteiger partial charge on any atom is -0.489 e. The molecule has 0 unspecified atom stereocenters. The molecule has 0 atom stereocenters. The molecule has 2 N–H and O–H groups in total. The summed E-state index contributed by atoms with van der Waals surface area (Å²) in [5.41, 5.74) is 7.75. The Balaban J connectivity index is 0.593. The number of amides is 2. The van der Waals surface area contributed by atoms with Crippen molar-refractivity contribution in [2.24, 2.45) is 0 Å². The maximum absolute atomic E-state index is 15.2. The van der Waals surface area contributed by atoms with E-state index in [0.717, 1.165) is 44.5 Å². The molecule has 0 aliphatic carbocycles. The fourth-order valence-electron chi connectivity index (χ4n) is 12.9. The average molecular weight is 1600 g/mol. The van der Waals surface area contributed by atoms with Gasteiger partial charge in [-0.1, -0.05) is 243 Å². The lowest BCUT2D eigenvalue weighted by atomic mass is 10.1. The number of carbonyl (C=O) groups excluding carboxylic acids is 2. The largest absolute Gasteiger partial charge is 0.489 e. The van der Waals surface area contributed by atoms with E-state index < -0.39 is 10.9 Å². The number of carbonyl (C=O) groups is 2. The van der Waals surface area contributed by atoms with Crippen LogP contribution in [-0.4, -0.2) is 64.5 Å². The van der Waals surface area contributed by atoms with Gasteiger partial charge in [0.15, 0.2) is 34.5 Å². The summed E-state index contributed by atoms with van der Waals surface area (Å²) in [5, 5.41) is 6.00. The normalized spacial score (nSPS) is 11.0. The Bertz CT molecular complexity index is 5360. The number of hydrogen-bond acceptors (Lipinski definition) is 18. The van der Waals surface area contributed by atoms with Crippen molar-refractivity contribution in [1.29, 1.82) is 0 Å². The maximum atomic E-state index is 15.2. The lowest BCUT2D eigenvalue weighted by Gasteiger charge is -2.17. The predicted molar refractivity (Wildman–Crippen MR) is 455 cm³/mol. The molecule has 604 valence electrons. The summed E-state index contributed by atoms with van der Waals surface area (Å²) in [4.78, 5) is 56.6. The van der Waals surface area contributed by atoms with Crippen LogP contribution in [-0.2, 0) is 71.9 Å². The highest BCUT2D eigenvalue weighted by Crippen LogP contribution is 2.43. The highest BCUT2D eigenvalue weighted by Gasteiger charge is 2.27. The Morgan fingerprint density at radius 3 is 0.849 bits per heavy atom. The Morgan fingerprint density at radius 2 is 0.546 bits per heavy atom. The van der Waals surface area contributed by atoms with Crippen molar-refractivity contribution in [3.63, 3.8) is 0 Å². The first-order valence-electron chi connectivity index (χ1n) is 39.5. The minimum absolute atomic E-state index is 0.0306. The maximum Gasteiger partial charge on any atom is 0.239 e. The van der Waals surface area contributed by atoms with Crippen molar-refractivity contribution < 1.29 is 75.3 Å². The zero-order valence-corrected chi connectivity index (χ0v) is 65.7. The van der Waals surface area contributed by atoms with E-state index in [9.17, 15) is 9.59 Å². The average Bonchev–Trinajstić information content (AvgIpc) is 0.759. The van der Waals surface area contributed by atoms with Gasteiger partial charge < -0.3 is 76.3 Å². The van der Waals surface area contributed by atoms with Crippen LogP contribution in [0.1, 0.15) is 63.8 Å². The molecule has 119 heavy (non-hydrogen) atoms. The summed E-state index contributed by atoms with van der Waals surface area (Å²) in [5.74, 6) is 2.55. The molecule has 14 rings (SSSR count). The van der Waals surface area contributed by atoms with Gasteiger partial charge in [-0.25, -0.2) is 0 Å². The summed E-state index contributed by atoms with van der Waals surface area (Å²) in [6, 6.07) is 95.2. The third-order valence-electron chi connectivity index (χ3n) is 19.0. The summed E-state index contributed by atoms with van der Waals surface area (Å²) in [7, 11) is 0. The molecule has 14 aromatic rings. The first kappa shape index (κ1) is 81.5. The summed E-state index contributed by atoms with van der Waals surface area (Å²) in [6.07, 6.45) is 0.458. The lowest BCUT2D eigenvalue weighted by Crippen LogP contribution is -2.29. The molecule has 2 aromatic heterocycles. The van der Waals surface area contributed by atoms with Crippen LogP contribution in [0, 0.1) is 0 Å². The van der Waals surface area contributed by atoms with E-state index in [2.05, 4.69) is 10.6 Å². The van der Waals surface area contributed by atoms with Gasteiger partial charge in [0.1, 0.15) is 111 Å². The number of benzene rings is 12. The van der Waals surface area contributed by atoms with Crippen LogP contribution >= 0.6 is 0 Å². The number of nitrogens with one attached hydrogen (secondary N) is 2. The fourth-order valence-corrected chi connectivity index (χ4v) is 12.9. The van der Waals surface area contributed by atoms with Crippen molar-refractivity contribution in [1.82, 2.24) is 10.6 Å². The van der Waals surface area contributed by atoms with Crippen LogP contribution in [0.4, 0.5) is 0 Å². The second-order valence-electron chi connectivity index (χ2n) is 27.8. The van der Waals surface area contributed by atoms with Gasteiger partial charge in [-0.05, 0) is 87.3 Å². The topological polar surface area (TPSA) is 229 Å². The first-order chi connectivity index (χ1) is 58.7. The van der Waals surface area contributed by atoms with E-state index in [1.165, 1.54) is 0 Å². The van der Waals surface area contributed by atoms with E-state index in [4.69, 9.17) is 65.7 Å². The van der Waals surface area contributed by atoms with Crippen LogP contribution < -0.4 is 68.9 Å².